The van der Waals surface area contributed by atoms with Gasteiger partial charge >= 0.3 is 6.61 Å². The summed E-state index contributed by atoms with van der Waals surface area (Å²) in [5.74, 6) is -0.729. The SMILES string of the molecule is COc1cc(C=CC(=O)Nc2cccc(C(=O)NCc3ccccn3)c2)ccc1OC(F)F. The Hall–Kier alpha value is -4.27. The van der Waals surface area contributed by atoms with Crippen molar-refractivity contribution in [3.63, 3.8) is 0 Å². The van der Waals surface area contributed by atoms with Crippen molar-refractivity contribution in [2.75, 3.05) is 12.4 Å². The molecule has 0 bridgehead atoms. The number of alkyl halides is 2. The van der Waals surface area contributed by atoms with E-state index in [1.54, 1.807) is 42.6 Å². The van der Waals surface area contributed by atoms with Crippen LogP contribution in [0.15, 0.2) is 72.9 Å². The van der Waals surface area contributed by atoms with Crippen molar-refractivity contribution in [3.8, 4) is 11.5 Å². The van der Waals surface area contributed by atoms with Gasteiger partial charge in [0.15, 0.2) is 11.5 Å². The van der Waals surface area contributed by atoms with Crippen molar-refractivity contribution in [2.45, 2.75) is 13.2 Å². The predicted molar refractivity (Wildman–Crippen MR) is 119 cm³/mol. The van der Waals surface area contributed by atoms with E-state index < -0.39 is 12.5 Å². The van der Waals surface area contributed by atoms with Gasteiger partial charge in [-0.2, -0.15) is 8.78 Å². The summed E-state index contributed by atoms with van der Waals surface area (Å²) >= 11 is 0. The zero-order chi connectivity index (χ0) is 23.6. The first-order valence-electron chi connectivity index (χ1n) is 9.84. The van der Waals surface area contributed by atoms with Crippen molar-refractivity contribution in [1.82, 2.24) is 10.3 Å². The molecule has 9 heteroatoms. The zero-order valence-corrected chi connectivity index (χ0v) is 17.6. The lowest BCUT2D eigenvalue weighted by molar-refractivity contribution is -0.111. The van der Waals surface area contributed by atoms with E-state index in [2.05, 4.69) is 20.4 Å². The third-order valence-corrected chi connectivity index (χ3v) is 4.38. The lowest BCUT2D eigenvalue weighted by Crippen LogP contribution is -2.23. The summed E-state index contributed by atoms with van der Waals surface area (Å²) in [6.07, 6.45) is 4.41. The van der Waals surface area contributed by atoms with Gasteiger partial charge in [-0.1, -0.05) is 18.2 Å². The van der Waals surface area contributed by atoms with E-state index in [0.717, 1.165) is 5.69 Å². The molecule has 0 radical (unpaired) electrons. The summed E-state index contributed by atoms with van der Waals surface area (Å²) in [5.41, 5.74) is 2.10. The fourth-order valence-corrected chi connectivity index (χ4v) is 2.85. The van der Waals surface area contributed by atoms with Gasteiger partial charge in [0.25, 0.3) is 5.91 Å². The molecule has 3 aromatic rings. The van der Waals surface area contributed by atoms with Gasteiger partial charge in [0, 0.05) is 23.5 Å². The van der Waals surface area contributed by atoms with Crippen LogP contribution in [0.1, 0.15) is 21.6 Å². The Bertz CT molecular complexity index is 1140. The second-order valence-corrected chi connectivity index (χ2v) is 6.70. The number of carbonyl (C=O) groups excluding carboxylic acids is 2. The largest absolute Gasteiger partial charge is 0.493 e. The van der Waals surface area contributed by atoms with Crippen LogP contribution in [-0.4, -0.2) is 30.5 Å². The smallest absolute Gasteiger partial charge is 0.387 e. The van der Waals surface area contributed by atoms with Crippen LogP contribution in [0.2, 0.25) is 0 Å². The molecule has 33 heavy (non-hydrogen) atoms. The monoisotopic (exact) mass is 453 g/mol. The average Bonchev–Trinajstić information content (AvgIpc) is 2.82. The maximum atomic E-state index is 12.4. The fraction of sp³-hybridized carbons (Fsp3) is 0.125. The number of hydrogen-bond acceptors (Lipinski definition) is 5. The van der Waals surface area contributed by atoms with Crippen molar-refractivity contribution >= 4 is 23.6 Å². The Morgan fingerprint density at radius 3 is 2.64 bits per heavy atom. The van der Waals surface area contributed by atoms with Crippen LogP contribution in [0.4, 0.5) is 14.5 Å². The van der Waals surface area contributed by atoms with Crippen molar-refractivity contribution < 1.29 is 27.8 Å². The number of aromatic nitrogens is 1. The molecule has 0 unspecified atom stereocenters. The molecule has 2 N–H and O–H groups in total. The lowest BCUT2D eigenvalue weighted by Gasteiger charge is -2.10. The van der Waals surface area contributed by atoms with E-state index in [1.807, 2.05) is 6.07 Å². The number of amides is 2. The first-order valence-corrected chi connectivity index (χ1v) is 9.84. The average molecular weight is 453 g/mol. The van der Waals surface area contributed by atoms with E-state index in [-0.39, 0.29) is 24.0 Å². The fourth-order valence-electron chi connectivity index (χ4n) is 2.85. The van der Waals surface area contributed by atoms with Crippen molar-refractivity contribution in [2.24, 2.45) is 0 Å². The normalized spacial score (nSPS) is 10.8. The molecule has 0 aliphatic heterocycles. The molecule has 2 amide bonds. The van der Waals surface area contributed by atoms with Gasteiger partial charge in [0.2, 0.25) is 5.91 Å². The summed E-state index contributed by atoms with van der Waals surface area (Å²) in [5, 5.41) is 5.45. The highest BCUT2D eigenvalue weighted by molar-refractivity contribution is 6.03. The third kappa shape index (κ3) is 7.13. The summed E-state index contributed by atoms with van der Waals surface area (Å²) in [6, 6.07) is 16.2. The molecule has 1 aromatic heterocycles. The Labute approximate surface area is 189 Å². The van der Waals surface area contributed by atoms with Gasteiger partial charge in [0.1, 0.15) is 0 Å². The number of rotatable bonds is 9. The molecule has 7 nitrogen and oxygen atoms in total. The van der Waals surface area contributed by atoms with Gasteiger partial charge in [0.05, 0.1) is 19.3 Å². The molecule has 0 aliphatic carbocycles. The zero-order valence-electron chi connectivity index (χ0n) is 17.6. The maximum Gasteiger partial charge on any atom is 0.387 e. The number of nitrogens with one attached hydrogen (secondary N) is 2. The molecule has 0 spiro atoms. The Balaban J connectivity index is 1.60. The summed E-state index contributed by atoms with van der Waals surface area (Å²) in [4.78, 5) is 28.8. The Kier molecular flexibility index (Phi) is 8.07. The molecule has 0 atom stereocenters. The summed E-state index contributed by atoms with van der Waals surface area (Å²) in [7, 11) is 1.33. The number of ether oxygens (including phenoxy) is 2. The van der Waals surface area contributed by atoms with Crippen LogP contribution in [-0.2, 0) is 11.3 Å². The number of benzene rings is 2. The molecule has 3 rings (SSSR count). The van der Waals surface area contributed by atoms with Crippen LogP contribution in [0.5, 0.6) is 11.5 Å². The highest BCUT2D eigenvalue weighted by Crippen LogP contribution is 2.29. The summed E-state index contributed by atoms with van der Waals surface area (Å²) in [6.45, 7) is -2.69. The van der Waals surface area contributed by atoms with Crippen LogP contribution in [0, 0.1) is 0 Å². The van der Waals surface area contributed by atoms with Gasteiger partial charge in [-0.15, -0.1) is 0 Å². The molecule has 0 aliphatic rings. The molecule has 0 fully saturated rings. The highest BCUT2D eigenvalue weighted by Gasteiger charge is 2.11. The molecule has 0 saturated heterocycles. The van der Waals surface area contributed by atoms with E-state index in [4.69, 9.17) is 4.74 Å². The Morgan fingerprint density at radius 2 is 1.91 bits per heavy atom. The number of nitrogens with zero attached hydrogens (tertiary/aromatic N) is 1. The molecular formula is C24H21F2N3O4. The first-order chi connectivity index (χ1) is 15.9. The van der Waals surface area contributed by atoms with E-state index in [9.17, 15) is 18.4 Å². The molecule has 0 saturated carbocycles. The molecule has 170 valence electrons. The Morgan fingerprint density at radius 1 is 1.06 bits per heavy atom. The van der Waals surface area contributed by atoms with E-state index in [0.29, 0.717) is 16.8 Å². The maximum absolute atomic E-state index is 12.4. The van der Waals surface area contributed by atoms with Crippen molar-refractivity contribution in [1.29, 1.82) is 0 Å². The first kappa shape index (κ1) is 23.4. The quantitative estimate of drug-likeness (QED) is 0.472. The highest BCUT2D eigenvalue weighted by atomic mass is 19.3. The molecular weight excluding hydrogens is 432 g/mol. The number of pyridine rings is 1. The minimum Gasteiger partial charge on any atom is -0.493 e. The van der Waals surface area contributed by atoms with E-state index in [1.165, 1.54) is 37.5 Å². The molecule has 1 heterocycles. The van der Waals surface area contributed by atoms with E-state index >= 15 is 0 Å². The second kappa shape index (κ2) is 11.4. The van der Waals surface area contributed by atoms with Crippen molar-refractivity contribution in [3.05, 3.63) is 89.8 Å². The topological polar surface area (TPSA) is 89.5 Å². The lowest BCUT2D eigenvalue weighted by atomic mass is 10.1. The second-order valence-electron chi connectivity index (χ2n) is 6.70. The standard InChI is InChI=1S/C24H21F2N3O4/c1-32-21-13-16(8-10-20(21)33-24(25)26)9-11-22(30)29-18-7-4-5-17(14-18)23(31)28-15-19-6-2-3-12-27-19/h2-14,24H,15H2,1H3,(H,28,31)(H,29,30). The minimum atomic E-state index is -2.97. The minimum absolute atomic E-state index is 0.104. The third-order valence-electron chi connectivity index (χ3n) is 4.38. The molecule has 2 aromatic carbocycles. The van der Waals surface area contributed by atoms with Crippen LogP contribution >= 0.6 is 0 Å². The van der Waals surface area contributed by atoms with Gasteiger partial charge in [-0.25, -0.2) is 0 Å². The van der Waals surface area contributed by atoms with Gasteiger partial charge < -0.3 is 20.1 Å². The van der Waals surface area contributed by atoms with Gasteiger partial charge in [-0.05, 0) is 54.1 Å². The number of hydrogen-bond donors (Lipinski definition) is 2. The number of halogens is 2. The number of methoxy groups -OCH3 is 1. The van der Waals surface area contributed by atoms with Crippen LogP contribution in [0.25, 0.3) is 6.08 Å². The summed E-state index contributed by atoms with van der Waals surface area (Å²) < 4.78 is 34.3. The van der Waals surface area contributed by atoms with Crippen LogP contribution in [0.3, 0.4) is 0 Å². The predicted octanol–water partition coefficient (Wildman–Crippen LogP) is 4.27. The number of anilines is 1. The number of carbonyl (C=O) groups is 2. The van der Waals surface area contributed by atoms with Crippen LogP contribution < -0.4 is 20.1 Å². The van der Waals surface area contributed by atoms with Gasteiger partial charge in [-0.3, -0.25) is 14.6 Å².